The molecule has 2 aliphatic carbocycles. The van der Waals surface area contributed by atoms with Crippen LogP contribution in [0.25, 0.3) is 16.3 Å². The van der Waals surface area contributed by atoms with E-state index < -0.39 is 5.38 Å². The molecule has 2 aliphatic rings. The molecule has 0 amide bonds. The lowest BCUT2D eigenvalue weighted by atomic mass is 9.96. The molecule has 1 unspecified atom stereocenters. The predicted molar refractivity (Wildman–Crippen MR) is 78.4 cm³/mol. The van der Waals surface area contributed by atoms with Gasteiger partial charge in [-0.05, 0) is 33.5 Å². The Bertz CT molecular complexity index is 783. The molecule has 2 aromatic rings. The molecule has 0 saturated heterocycles. The molecule has 2 aromatic carbocycles. The molecule has 19 heavy (non-hydrogen) atoms. The van der Waals surface area contributed by atoms with Crippen molar-refractivity contribution in [2.75, 3.05) is 0 Å². The summed E-state index contributed by atoms with van der Waals surface area (Å²) in [5, 5.41) is 1.94. The number of rotatable bonds is 0. The van der Waals surface area contributed by atoms with Crippen LogP contribution in [0.3, 0.4) is 0 Å². The highest BCUT2D eigenvalue weighted by Crippen LogP contribution is 2.39. The maximum atomic E-state index is 12.1. The van der Waals surface area contributed by atoms with Crippen LogP contribution in [0.5, 0.6) is 0 Å². The first kappa shape index (κ1) is 11.0. The van der Waals surface area contributed by atoms with Gasteiger partial charge in [0.25, 0.3) is 0 Å². The average molecular weight is 267 g/mol. The first-order valence-corrected chi connectivity index (χ1v) is 6.79. The van der Waals surface area contributed by atoms with Crippen molar-refractivity contribution in [3.63, 3.8) is 0 Å². The van der Waals surface area contributed by atoms with Gasteiger partial charge in [-0.25, -0.2) is 0 Å². The Morgan fingerprint density at radius 1 is 1.11 bits per heavy atom. The molecule has 0 radical (unpaired) electrons. The van der Waals surface area contributed by atoms with Crippen LogP contribution in [-0.2, 0) is 11.2 Å². The molecule has 0 saturated carbocycles. The van der Waals surface area contributed by atoms with E-state index in [0.29, 0.717) is 6.42 Å². The zero-order chi connectivity index (χ0) is 13.0. The highest BCUT2D eigenvalue weighted by Gasteiger charge is 2.30. The molecule has 1 nitrogen and oxygen atoms in total. The van der Waals surface area contributed by atoms with Gasteiger partial charge in [0.1, 0.15) is 5.38 Å². The summed E-state index contributed by atoms with van der Waals surface area (Å²) >= 11 is 6.01. The van der Waals surface area contributed by atoms with Gasteiger partial charge in [-0.3, -0.25) is 4.79 Å². The number of carbonyl (C=O) groups is 1. The lowest BCUT2D eigenvalue weighted by Crippen LogP contribution is -2.17. The van der Waals surface area contributed by atoms with E-state index >= 15 is 0 Å². The molecular formula is C17H11ClO. The summed E-state index contributed by atoms with van der Waals surface area (Å²) in [7, 11) is 0. The minimum atomic E-state index is -0.498. The fraction of sp³-hybridized carbons (Fsp3) is 0.118. The Balaban J connectivity index is 1.95. The smallest absolute Gasteiger partial charge is 0.181 e. The highest BCUT2D eigenvalue weighted by molar-refractivity contribution is 6.37. The Labute approximate surface area is 116 Å². The molecule has 0 aliphatic heterocycles. The second-order valence-electron chi connectivity index (χ2n) is 5.05. The third kappa shape index (κ3) is 1.52. The van der Waals surface area contributed by atoms with Gasteiger partial charge in [0, 0.05) is 12.0 Å². The molecule has 0 aromatic heterocycles. The second-order valence-corrected chi connectivity index (χ2v) is 5.52. The van der Waals surface area contributed by atoms with Crippen LogP contribution < -0.4 is 0 Å². The van der Waals surface area contributed by atoms with Crippen molar-refractivity contribution in [1.29, 1.82) is 0 Å². The summed E-state index contributed by atoms with van der Waals surface area (Å²) in [6, 6.07) is 12.7. The molecule has 0 bridgehead atoms. The molecule has 0 heterocycles. The number of hydrogen-bond acceptors (Lipinski definition) is 1. The first-order chi connectivity index (χ1) is 9.24. The van der Waals surface area contributed by atoms with E-state index in [2.05, 4.69) is 24.3 Å². The number of Topliss-reactive ketones (excluding diaryl/α,β-unsaturated/α-hetero) is 1. The van der Waals surface area contributed by atoms with Crippen molar-refractivity contribution in [3.05, 3.63) is 65.3 Å². The van der Waals surface area contributed by atoms with E-state index in [-0.39, 0.29) is 5.78 Å². The van der Waals surface area contributed by atoms with E-state index in [1.807, 2.05) is 18.2 Å². The lowest BCUT2D eigenvalue weighted by Gasteiger charge is -2.11. The van der Waals surface area contributed by atoms with Gasteiger partial charge in [-0.1, -0.05) is 42.5 Å². The van der Waals surface area contributed by atoms with Crippen LogP contribution in [-0.4, -0.2) is 11.2 Å². The monoisotopic (exact) mass is 266 g/mol. The normalized spacial score (nSPS) is 20.9. The number of benzene rings is 2. The third-order valence-electron chi connectivity index (χ3n) is 3.93. The van der Waals surface area contributed by atoms with Crippen LogP contribution >= 0.6 is 11.6 Å². The Morgan fingerprint density at radius 3 is 2.63 bits per heavy atom. The van der Waals surface area contributed by atoms with Crippen molar-refractivity contribution in [2.24, 2.45) is 0 Å². The number of allylic oxidation sites excluding steroid dienone is 4. The van der Waals surface area contributed by atoms with Gasteiger partial charge in [-0.2, -0.15) is 0 Å². The minimum absolute atomic E-state index is 0.0550. The first-order valence-electron chi connectivity index (χ1n) is 6.36. The molecule has 0 fully saturated rings. The Hall–Kier alpha value is -1.86. The number of hydrogen-bond donors (Lipinski definition) is 0. The number of halogens is 1. The second kappa shape index (κ2) is 3.82. The molecule has 2 heteroatoms. The average Bonchev–Trinajstić information content (AvgIpc) is 2.79. The molecule has 1 atom stereocenters. The number of carbonyl (C=O) groups excluding carboxylic acids is 1. The quantitative estimate of drug-likeness (QED) is 0.661. The van der Waals surface area contributed by atoms with Gasteiger partial charge >= 0.3 is 0 Å². The molecule has 0 N–H and O–H groups in total. The fourth-order valence-electron chi connectivity index (χ4n) is 2.98. The minimum Gasteiger partial charge on any atom is -0.292 e. The van der Waals surface area contributed by atoms with Gasteiger partial charge in [0.15, 0.2) is 5.78 Å². The van der Waals surface area contributed by atoms with Crippen molar-refractivity contribution < 1.29 is 4.79 Å². The maximum absolute atomic E-state index is 12.1. The van der Waals surface area contributed by atoms with E-state index in [9.17, 15) is 4.79 Å². The standard InChI is InChI=1S/C17H11ClO/c18-16-6-5-13-14-8-11-4-2-1-3-10(11)7-12(14)9-15(13)17(16)19/h1-8,16H,9H2. The van der Waals surface area contributed by atoms with E-state index in [1.165, 1.54) is 21.9 Å². The van der Waals surface area contributed by atoms with Crippen LogP contribution in [0.2, 0.25) is 0 Å². The Morgan fingerprint density at radius 2 is 1.84 bits per heavy atom. The van der Waals surface area contributed by atoms with Crippen molar-refractivity contribution >= 4 is 33.7 Å². The summed E-state index contributed by atoms with van der Waals surface area (Å²) in [6.45, 7) is 0. The van der Waals surface area contributed by atoms with Crippen molar-refractivity contribution in [1.82, 2.24) is 0 Å². The maximum Gasteiger partial charge on any atom is 0.181 e. The molecule has 0 spiro atoms. The summed E-state index contributed by atoms with van der Waals surface area (Å²) in [5.74, 6) is 0.0550. The molecule has 4 rings (SSSR count). The topological polar surface area (TPSA) is 17.1 Å². The number of alkyl halides is 1. The van der Waals surface area contributed by atoms with Gasteiger partial charge in [0.2, 0.25) is 0 Å². The van der Waals surface area contributed by atoms with Gasteiger partial charge in [0.05, 0.1) is 0 Å². The highest BCUT2D eigenvalue weighted by atomic mass is 35.5. The van der Waals surface area contributed by atoms with Gasteiger partial charge in [-0.15, -0.1) is 11.6 Å². The van der Waals surface area contributed by atoms with Crippen molar-refractivity contribution in [3.8, 4) is 0 Å². The lowest BCUT2D eigenvalue weighted by molar-refractivity contribution is -0.114. The van der Waals surface area contributed by atoms with Crippen LogP contribution in [0.15, 0.2) is 54.1 Å². The largest absolute Gasteiger partial charge is 0.292 e. The molecular weight excluding hydrogens is 256 g/mol. The van der Waals surface area contributed by atoms with Crippen LogP contribution in [0.4, 0.5) is 0 Å². The summed E-state index contributed by atoms with van der Waals surface area (Å²) in [6.07, 6.45) is 4.49. The SMILES string of the molecule is O=C1C2=C(C=CC1Cl)c1cc3ccccc3cc1C2. The van der Waals surface area contributed by atoms with Crippen LogP contribution in [0, 0.1) is 0 Å². The zero-order valence-corrected chi connectivity index (χ0v) is 10.9. The van der Waals surface area contributed by atoms with Crippen molar-refractivity contribution in [2.45, 2.75) is 11.8 Å². The third-order valence-corrected chi connectivity index (χ3v) is 4.28. The van der Waals surface area contributed by atoms with Crippen LogP contribution in [0.1, 0.15) is 11.1 Å². The Kier molecular flexibility index (Phi) is 2.21. The summed E-state index contributed by atoms with van der Waals surface area (Å²) in [5.41, 5.74) is 4.34. The van der Waals surface area contributed by atoms with E-state index in [4.69, 9.17) is 11.6 Å². The predicted octanol–water partition coefficient (Wildman–Crippen LogP) is 3.90. The number of fused-ring (bicyclic) bond motifs is 3. The fourth-order valence-corrected chi connectivity index (χ4v) is 3.18. The van der Waals surface area contributed by atoms with E-state index in [1.54, 1.807) is 6.08 Å². The number of ketones is 1. The van der Waals surface area contributed by atoms with Gasteiger partial charge < -0.3 is 0 Å². The summed E-state index contributed by atoms with van der Waals surface area (Å²) < 4.78 is 0. The molecule has 92 valence electrons. The summed E-state index contributed by atoms with van der Waals surface area (Å²) in [4.78, 5) is 12.1. The zero-order valence-electron chi connectivity index (χ0n) is 10.2. The van der Waals surface area contributed by atoms with E-state index in [0.717, 1.165) is 11.1 Å².